The molecule has 128 valence electrons. The molecule has 0 aliphatic carbocycles. The van der Waals surface area contributed by atoms with Gasteiger partial charge in [-0.3, -0.25) is 4.79 Å². The molecule has 2 N–H and O–H groups in total. The molecule has 0 aliphatic rings. The van der Waals surface area contributed by atoms with E-state index in [9.17, 15) is 14.0 Å². The van der Waals surface area contributed by atoms with Crippen LogP contribution in [0.4, 0.5) is 9.18 Å². The maximum atomic E-state index is 12.8. The van der Waals surface area contributed by atoms with Crippen LogP contribution in [0.15, 0.2) is 53.2 Å². The first-order valence-corrected chi connectivity index (χ1v) is 9.29. The lowest BCUT2D eigenvalue weighted by molar-refractivity contribution is 0.104. The number of rotatable bonds is 6. The predicted molar refractivity (Wildman–Crippen MR) is 97.5 cm³/mol. The van der Waals surface area contributed by atoms with Crippen molar-refractivity contribution in [1.29, 1.82) is 0 Å². The number of carbonyl (C=O) groups excluding carboxylic acids is 2. The molecule has 0 fully saturated rings. The SMILES string of the molecule is O=C(NCc1ccc(F)cc1)NCc1ccc(C(=O)c2ccsc2)s1. The molecule has 1 aromatic carbocycles. The summed E-state index contributed by atoms with van der Waals surface area (Å²) in [6.45, 7) is 0.662. The van der Waals surface area contributed by atoms with Crippen molar-refractivity contribution in [2.24, 2.45) is 0 Å². The Morgan fingerprint density at radius 2 is 1.72 bits per heavy atom. The highest BCUT2D eigenvalue weighted by molar-refractivity contribution is 7.14. The average Bonchev–Trinajstić information content (AvgIpc) is 3.30. The Morgan fingerprint density at radius 3 is 2.44 bits per heavy atom. The van der Waals surface area contributed by atoms with Gasteiger partial charge in [0.1, 0.15) is 5.82 Å². The molecule has 4 nitrogen and oxygen atoms in total. The first-order chi connectivity index (χ1) is 12.1. The van der Waals surface area contributed by atoms with E-state index in [0.29, 0.717) is 23.5 Å². The van der Waals surface area contributed by atoms with Gasteiger partial charge in [0.25, 0.3) is 0 Å². The van der Waals surface area contributed by atoms with Crippen LogP contribution < -0.4 is 10.6 Å². The zero-order valence-electron chi connectivity index (χ0n) is 13.1. The van der Waals surface area contributed by atoms with Crippen LogP contribution in [0.5, 0.6) is 0 Å². The van der Waals surface area contributed by atoms with Gasteiger partial charge in [-0.05, 0) is 41.3 Å². The van der Waals surface area contributed by atoms with E-state index >= 15 is 0 Å². The first-order valence-electron chi connectivity index (χ1n) is 7.53. The molecular weight excluding hydrogens is 359 g/mol. The van der Waals surface area contributed by atoms with Gasteiger partial charge in [0.15, 0.2) is 0 Å². The van der Waals surface area contributed by atoms with Gasteiger partial charge in [0.2, 0.25) is 5.78 Å². The second-order valence-corrected chi connectivity index (χ2v) is 7.22. The summed E-state index contributed by atoms with van der Waals surface area (Å²) >= 11 is 2.85. The Hall–Kier alpha value is -2.51. The standard InChI is InChI=1S/C18H15FN2O2S2/c19-14-3-1-12(2-4-14)9-20-18(23)21-10-15-5-6-16(25-15)17(22)13-7-8-24-11-13/h1-8,11H,9-10H2,(H2,20,21,23). The van der Waals surface area contributed by atoms with Gasteiger partial charge in [-0.1, -0.05) is 12.1 Å². The summed E-state index contributed by atoms with van der Waals surface area (Å²) in [4.78, 5) is 25.6. The highest BCUT2D eigenvalue weighted by atomic mass is 32.1. The number of thiophene rings is 2. The topological polar surface area (TPSA) is 58.2 Å². The highest BCUT2D eigenvalue weighted by Gasteiger charge is 2.12. The third-order valence-electron chi connectivity index (χ3n) is 3.46. The van der Waals surface area contributed by atoms with Gasteiger partial charge in [-0.15, -0.1) is 11.3 Å². The zero-order valence-corrected chi connectivity index (χ0v) is 14.8. The summed E-state index contributed by atoms with van der Waals surface area (Å²) < 4.78 is 12.8. The summed E-state index contributed by atoms with van der Waals surface area (Å²) in [5, 5.41) is 9.14. The lowest BCUT2D eigenvalue weighted by Crippen LogP contribution is -2.34. The Morgan fingerprint density at radius 1 is 0.960 bits per heavy atom. The normalized spacial score (nSPS) is 10.4. The molecule has 0 atom stereocenters. The van der Waals surface area contributed by atoms with Gasteiger partial charge in [-0.25, -0.2) is 9.18 Å². The van der Waals surface area contributed by atoms with Gasteiger partial charge in [0, 0.05) is 22.4 Å². The van der Waals surface area contributed by atoms with Crippen LogP contribution in [0.1, 0.15) is 25.7 Å². The van der Waals surface area contributed by atoms with E-state index in [1.807, 2.05) is 16.8 Å². The minimum atomic E-state index is -0.316. The molecule has 0 unspecified atom stereocenters. The molecule has 0 saturated carbocycles. The first kappa shape index (κ1) is 17.3. The Bertz CT molecular complexity index is 858. The number of benzene rings is 1. The molecule has 3 aromatic rings. The average molecular weight is 374 g/mol. The van der Waals surface area contributed by atoms with Crippen molar-refractivity contribution >= 4 is 34.5 Å². The lowest BCUT2D eigenvalue weighted by atomic mass is 10.2. The number of carbonyl (C=O) groups is 2. The monoisotopic (exact) mass is 374 g/mol. The largest absolute Gasteiger partial charge is 0.334 e. The van der Waals surface area contributed by atoms with Crippen molar-refractivity contribution in [3.63, 3.8) is 0 Å². The molecule has 0 saturated heterocycles. The highest BCUT2D eigenvalue weighted by Crippen LogP contribution is 2.21. The van der Waals surface area contributed by atoms with Crippen LogP contribution in [0.2, 0.25) is 0 Å². The van der Waals surface area contributed by atoms with E-state index in [-0.39, 0.29) is 17.6 Å². The van der Waals surface area contributed by atoms with E-state index in [1.165, 1.54) is 34.8 Å². The van der Waals surface area contributed by atoms with Gasteiger partial charge in [-0.2, -0.15) is 11.3 Å². The molecule has 0 aliphatic heterocycles. The third-order valence-corrected chi connectivity index (χ3v) is 5.23. The van der Waals surface area contributed by atoms with Crippen LogP contribution >= 0.6 is 22.7 Å². The molecule has 2 heterocycles. The predicted octanol–water partition coefficient (Wildman–Crippen LogP) is 4.18. The van der Waals surface area contributed by atoms with Crippen molar-refractivity contribution in [2.75, 3.05) is 0 Å². The minimum absolute atomic E-state index is 0.00161. The van der Waals surface area contributed by atoms with Gasteiger partial charge >= 0.3 is 6.03 Å². The van der Waals surface area contributed by atoms with E-state index in [2.05, 4.69) is 10.6 Å². The van der Waals surface area contributed by atoms with E-state index < -0.39 is 0 Å². The van der Waals surface area contributed by atoms with E-state index in [1.54, 1.807) is 24.3 Å². The maximum Gasteiger partial charge on any atom is 0.315 e. The van der Waals surface area contributed by atoms with Crippen molar-refractivity contribution in [2.45, 2.75) is 13.1 Å². The van der Waals surface area contributed by atoms with Crippen molar-refractivity contribution in [3.8, 4) is 0 Å². The van der Waals surface area contributed by atoms with Crippen LogP contribution in [-0.2, 0) is 13.1 Å². The molecule has 3 rings (SSSR count). The summed E-state index contributed by atoms with van der Waals surface area (Å²) in [7, 11) is 0. The van der Waals surface area contributed by atoms with Crippen molar-refractivity contribution in [1.82, 2.24) is 10.6 Å². The van der Waals surface area contributed by atoms with Crippen LogP contribution in [0.25, 0.3) is 0 Å². The fourth-order valence-corrected chi connectivity index (χ4v) is 3.69. The van der Waals surface area contributed by atoms with Gasteiger partial charge < -0.3 is 10.6 Å². The quantitative estimate of drug-likeness (QED) is 0.636. The molecule has 7 heteroatoms. The van der Waals surface area contributed by atoms with E-state index in [4.69, 9.17) is 0 Å². The number of urea groups is 1. The Balaban J connectivity index is 1.47. The van der Waals surface area contributed by atoms with Crippen LogP contribution in [-0.4, -0.2) is 11.8 Å². The molecule has 2 aromatic heterocycles. The van der Waals surface area contributed by atoms with Crippen LogP contribution in [0.3, 0.4) is 0 Å². The molecule has 0 radical (unpaired) electrons. The number of hydrogen-bond acceptors (Lipinski definition) is 4. The number of halogens is 1. The summed E-state index contributed by atoms with van der Waals surface area (Å²) in [5.41, 5.74) is 1.50. The number of hydrogen-bond donors (Lipinski definition) is 2. The summed E-state index contributed by atoms with van der Waals surface area (Å²) in [5.74, 6) is -0.308. The second-order valence-electron chi connectivity index (χ2n) is 5.27. The molecular formula is C18H15FN2O2S2. The molecule has 0 bridgehead atoms. The van der Waals surface area contributed by atoms with Crippen molar-refractivity contribution in [3.05, 3.63) is 79.9 Å². The smallest absolute Gasteiger partial charge is 0.315 e. The Kier molecular flexibility index (Phi) is 5.57. The van der Waals surface area contributed by atoms with Crippen LogP contribution in [0, 0.1) is 5.82 Å². The second kappa shape index (κ2) is 8.04. The maximum absolute atomic E-state index is 12.8. The Labute approximate surface area is 152 Å². The summed E-state index contributed by atoms with van der Waals surface area (Å²) in [6.07, 6.45) is 0. The zero-order chi connectivity index (χ0) is 17.6. The third kappa shape index (κ3) is 4.74. The molecule has 0 spiro atoms. The van der Waals surface area contributed by atoms with Gasteiger partial charge in [0.05, 0.1) is 11.4 Å². The lowest BCUT2D eigenvalue weighted by Gasteiger charge is -2.06. The van der Waals surface area contributed by atoms with E-state index in [0.717, 1.165) is 10.4 Å². The minimum Gasteiger partial charge on any atom is -0.334 e. The van der Waals surface area contributed by atoms with Crippen molar-refractivity contribution < 1.29 is 14.0 Å². The molecule has 25 heavy (non-hydrogen) atoms. The number of amides is 2. The molecule has 2 amide bonds. The fraction of sp³-hybridized carbons (Fsp3) is 0.111. The summed E-state index contributed by atoms with van der Waals surface area (Å²) in [6, 6.07) is 11.0. The fourth-order valence-electron chi connectivity index (χ4n) is 2.15. The number of nitrogens with one attached hydrogen (secondary N) is 2. The number of ketones is 1.